The molecule has 2 heterocycles. The number of sulfonamides is 1. The fourth-order valence-corrected chi connectivity index (χ4v) is 6.73. The lowest BCUT2D eigenvalue weighted by Gasteiger charge is -2.27. The topological polar surface area (TPSA) is 92.8 Å². The van der Waals surface area contributed by atoms with E-state index in [9.17, 15) is 18.0 Å². The number of carbonyl (C=O) groups excluding carboxylic acids is 2. The molecule has 3 rings (SSSR count). The molecule has 0 unspecified atom stereocenters. The van der Waals surface area contributed by atoms with Crippen LogP contribution in [0.25, 0.3) is 0 Å². The third kappa shape index (κ3) is 5.49. The van der Waals surface area contributed by atoms with E-state index in [1.165, 1.54) is 7.11 Å². The normalized spacial score (nSPS) is 13.7. The summed E-state index contributed by atoms with van der Waals surface area (Å²) >= 11 is 2.65. The number of aryl methyl sites for hydroxylation is 1. The average molecular weight is 483 g/mol. The van der Waals surface area contributed by atoms with Gasteiger partial charge in [-0.3, -0.25) is 4.79 Å². The molecule has 1 aliphatic heterocycles. The maximum Gasteiger partial charge on any atom is 0.340 e. The molecule has 0 bridgehead atoms. The Morgan fingerprint density at radius 3 is 2.61 bits per heavy atom. The van der Waals surface area contributed by atoms with Crippen LogP contribution in [0.5, 0.6) is 0 Å². The summed E-state index contributed by atoms with van der Waals surface area (Å²) < 4.78 is 33.6. The van der Waals surface area contributed by atoms with Crippen LogP contribution < -0.4 is 4.72 Å². The van der Waals surface area contributed by atoms with Gasteiger partial charge in [0, 0.05) is 30.1 Å². The van der Waals surface area contributed by atoms with E-state index < -0.39 is 16.0 Å². The second kappa shape index (κ2) is 10.2. The lowest BCUT2D eigenvalue weighted by atomic mass is 10.0. The smallest absolute Gasteiger partial charge is 0.340 e. The molecule has 0 atom stereocenters. The van der Waals surface area contributed by atoms with Crippen molar-refractivity contribution in [2.75, 3.05) is 25.7 Å². The Hall–Kier alpha value is -1.88. The number of benzene rings is 1. The molecule has 1 N–H and O–H groups in total. The monoisotopic (exact) mass is 482 g/mol. The Balaban J connectivity index is 1.87. The van der Waals surface area contributed by atoms with Gasteiger partial charge in [0.25, 0.3) is 10.0 Å². The summed E-state index contributed by atoms with van der Waals surface area (Å²) in [5.74, 6) is 0.105. The number of nitrogens with one attached hydrogen (secondary N) is 1. The van der Waals surface area contributed by atoms with E-state index in [-0.39, 0.29) is 22.2 Å². The molecule has 2 aromatic rings. The highest BCUT2D eigenvalue weighted by Crippen LogP contribution is 2.37. The Labute approximate surface area is 191 Å². The van der Waals surface area contributed by atoms with E-state index >= 15 is 0 Å². The van der Waals surface area contributed by atoms with Crippen molar-refractivity contribution >= 4 is 45.0 Å². The van der Waals surface area contributed by atoms with Gasteiger partial charge in [-0.1, -0.05) is 29.8 Å². The molecule has 7 nitrogen and oxygen atoms in total. The van der Waals surface area contributed by atoms with Gasteiger partial charge in [-0.15, -0.1) is 11.3 Å². The first kappa shape index (κ1) is 23.8. The third-order valence-corrected chi connectivity index (χ3v) is 8.87. The summed E-state index contributed by atoms with van der Waals surface area (Å²) in [5.41, 5.74) is 2.67. The molecule has 1 aliphatic rings. The minimum atomic E-state index is -3.94. The zero-order valence-electron chi connectivity index (χ0n) is 17.8. The van der Waals surface area contributed by atoms with Gasteiger partial charge in [0.05, 0.1) is 19.2 Å². The van der Waals surface area contributed by atoms with Crippen LogP contribution in [-0.4, -0.2) is 50.9 Å². The molecule has 168 valence electrons. The molecule has 1 amide bonds. The third-order valence-electron chi connectivity index (χ3n) is 5.12. The number of thiophene rings is 1. The molecule has 0 saturated carbocycles. The standard InChI is InChI=1S/C21H26N2O5S3/c1-14-4-6-15(7-5-14)12-22-31(26,27)21-19(20(25)28-2)16-8-10-23(13-17(16)30-21)18(24)9-11-29-3/h4-7,22H,8-13H2,1-3H3. The van der Waals surface area contributed by atoms with Gasteiger partial charge in [-0.25, -0.2) is 17.9 Å². The molecule has 31 heavy (non-hydrogen) atoms. The second-order valence-electron chi connectivity index (χ2n) is 7.28. The maximum absolute atomic E-state index is 13.1. The van der Waals surface area contributed by atoms with E-state index in [0.29, 0.717) is 31.5 Å². The molecular weight excluding hydrogens is 456 g/mol. The molecule has 1 aromatic carbocycles. The van der Waals surface area contributed by atoms with E-state index in [4.69, 9.17) is 4.74 Å². The molecular formula is C21H26N2O5S3. The first-order valence-corrected chi connectivity index (χ1v) is 13.5. The molecule has 1 aromatic heterocycles. The average Bonchev–Trinajstić information content (AvgIpc) is 3.16. The summed E-state index contributed by atoms with van der Waals surface area (Å²) in [6.45, 7) is 2.84. The maximum atomic E-state index is 13.1. The molecule has 10 heteroatoms. The predicted molar refractivity (Wildman–Crippen MR) is 123 cm³/mol. The highest BCUT2D eigenvalue weighted by molar-refractivity contribution is 7.98. The van der Waals surface area contributed by atoms with Gasteiger partial charge < -0.3 is 9.64 Å². The van der Waals surface area contributed by atoms with Crippen LogP contribution in [0.15, 0.2) is 28.5 Å². The van der Waals surface area contributed by atoms with Gasteiger partial charge in [-0.2, -0.15) is 11.8 Å². The number of methoxy groups -OCH3 is 1. The number of hydrogen-bond donors (Lipinski definition) is 1. The quantitative estimate of drug-likeness (QED) is 0.582. The summed E-state index contributed by atoms with van der Waals surface area (Å²) in [7, 11) is -2.70. The van der Waals surface area contributed by atoms with Crippen molar-refractivity contribution < 1.29 is 22.7 Å². The van der Waals surface area contributed by atoms with Crippen LogP contribution in [0.2, 0.25) is 0 Å². The number of ether oxygens (including phenoxy) is 1. The largest absolute Gasteiger partial charge is 0.465 e. The first-order chi connectivity index (χ1) is 14.8. The van der Waals surface area contributed by atoms with Gasteiger partial charge in [0.15, 0.2) is 0 Å². The van der Waals surface area contributed by atoms with Crippen LogP contribution in [-0.2, 0) is 39.1 Å². The van der Waals surface area contributed by atoms with Crippen LogP contribution in [0.3, 0.4) is 0 Å². The van der Waals surface area contributed by atoms with Crippen molar-refractivity contribution in [3.05, 3.63) is 51.4 Å². The van der Waals surface area contributed by atoms with Crippen molar-refractivity contribution in [2.45, 2.75) is 37.1 Å². The van der Waals surface area contributed by atoms with Crippen molar-refractivity contribution in [1.82, 2.24) is 9.62 Å². The number of fused-ring (bicyclic) bond motifs is 1. The minimum absolute atomic E-state index is 0.0370. The van der Waals surface area contributed by atoms with E-state index in [0.717, 1.165) is 33.1 Å². The van der Waals surface area contributed by atoms with Gasteiger partial charge in [-0.05, 0) is 30.7 Å². The van der Waals surface area contributed by atoms with E-state index in [2.05, 4.69) is 4.72 Å². The van der Waals surface area contributed by atoms with Gasteiger partial charge >= 0.3 is 5.97 Å². The Kier molecular flexibility index (Phi) is 7.79. The lowest BCUT2D eigenvalue weighted by molar-refractivity contribution is -0.131. The van der Waals surface area contributed by atoms with Crippen LogP contribution >= 0.6 is 23.1 Å². The number of amides is 1. The summed E-state index contributed by atoms with van der Waals surface area (Å²) in [6.07, 6.45) is 2.81. The summed E-state index contributed by atoms with van der Waals surface area (Å²) in [4.78, 5) is 27.4. The zero-order valence-corrected chi connectivity index (χ0v) is 20.2. The zero-order chi connectivity index (χ0) is 22.6. The Bertz CT molecular complexity index is 1060. The highest BCUT2D eigenvalue weighted by atomic mass is 32.2. The molecule has 0 saturated heterocycles. The van der Waals surface area contributed by atoms with E-state index in [1.807, 2.05) is 37.4 Å². The number of rotatable bonds is 8. The van der Waals surface area contributed by atoms with Crippen LogP contribution in [0.1, 0.15) is 38.3 Å². The molecule has 0 fully saturated rings. The number of nitrogens with zero attached hydrogens (tertiary/aromatic N) is 1. The number of hydrogen-bond acceptors (Lipinski definition) is 7. The number of carbonyl (C=O) groups is 2. The van der Waals surface area contributed by atoms with Crippen LogP contribution in [0, 0.1) is 6.92 Å². The number of esters is 1. The van der Waals surface area contributed by atoms with E-state index in [1.54, 1.807) is 16.7 Å². The molecule has 0 spiro atoms. The van der Waals surface area contributed by atoms with Crippen molar-refractivity contribution in [3.8, 4) is 0 Å². The Morgan fingerprint density at radius 1 is 1.26 bits per heavy atom. The van der Waals surface area contributed by atoms with Gasteiger partial charge in [0.2, 0.25) is 5.91 Å². The van der Waals surface area contributed by atoms with Crippen molar-refractivity contribution in [3.63, 3.8) is 0 Å². The van der Waals surface area contributed by atoms with Crippen molar-refractivity contribution in [2.24, 2.45) is 0 Å². The second-order valence-corrected chi connectivity index (χ2v) is 11.3. The summed E-state index contributed by atoms with van der Waals surface area (Å²) in [5, 5.41) is 0. The summed E-state index contributed by atoms with van der Waals surface area (Å²) in [6, 6.07) is 7.54. The Morgan fingerprint density at radius 2 is 1.97 bits per heavy atom. The fraction of sp³-hybridized carbons (Fsp3) is 0.429. The first-order valence-electron chi connectivity index (χ1n) is 9.81. The predicted octanol–water partition coefficient (Wildman–Crippen LogP) is 2.96. The molecule has 0 aliphatic carbocycles. The fourth-order valence-electron chi connectivity index (χ4n) is 3.39. The van der Waals surface area contributed by atoms with Crippen molar-refractivity contribution in [1.29, 1.82) is 0 Å². The lowest BCUT2D eigenvalue weighted by Crippen LogP contribution is -2.35. The SMILES string of the molecule is COC(=O)c1c(S(=O)(=O)NCc2ccc(C)cc2)sc2c1CCN(C(=O)CCSC)C2. The number of thioether (sulfide) groups is 1. The van der Waals surface area contributed by atoms with Gasteiger partial charge in [0.1, 0.15) is 4.21 Å². The highest BCUT2D eigenvalue weighted by Gasteiger charge is 2.34. The van der Waals surface area contributed by atoms with Crippen LogP contribution in [0.4, 0.5) is 0 Å². The molecule has 0 radical (unpaired) electrons. The minimum Gasteiger partial charge on any atom is -0.465 e.